The molecule has 1 atom stereocenters. The highest BCUT2D eigenvalue weighted by Gasteiger charge is 2.18. The molecule has 0 spiro atoms. The molecule has 0 bridgehead atoms. The molecule has 1 aromatic rings. The molecule has 0 heterocycles. The molecular formula is C12H16ClNO. The van der Waals surface area contributed by atoms with Gasteiger partial charge in [-0.15, -0.1) is 11.6 Å². The van der Waals surface area contributed by atoms with Gasteiger partial charge in [-0.25, -0.2) is 0 Å². The van der Waals surface area contributed by atoms with Gasteiger partial charge in [0.25, 0.3) is 0 Å². The van der Waals surface area contributed by atoms with Crippen molar-refractivity contribution in [1.82, 2.24) is 4.90 Å². The second-order valence-corrected chi connectivity index (χ2v) is 3.74. The van der Waals surface area contributed by atoms with Crippen molar-refractivity contribution in [2.75, 3.05) is 12.9 Å². The van der Waals surface area contributed by atoms with Gasteiger partial charge in [0.2, 0.25) is 5.91 Å². The molecular weight excluding hydrogens is 210 g/mol. The molecule has 0 aliphatic rings. The molecule has 0 aliphatic heterocycles. The number of carbonyl (C=O) groups is 1. The van der Waals surface area contributed by atoms with E-state index in [4.69, 9.17) is 11.6 Å². The summed E-state index contributed by atoms with van der Waals surface area (Å²) in [5.74, 6) is 0.00666. The highest BCUT2D eigenvalue weighted by molar-refractivity contribution is 6.27. The van der Waals surface area contributed by atoms with Crippen molar-refractivity contribution in [3.63, 3.8) is 0 Å². The maximum Gasteiger partial charge on any atom is 0.237 e. The van der Waals surface area contributed by atoms with Crippen molar-refractivity contribution >= 4 is 17.5 Å². The largest absolute Gasteiger partial charge is 0.338 e. The van der Waals surface area contributed by atoms with Crippen LogP contribution in [0.3, 0.4) is 0 Å². The highest BCUT2D eigenvalue weighted by atomic mass is 35.5. The van der Waals surface area contributed by atoms with Crippen LogP contribution in [0.2, 0.25) is 0 Å². The standard InChI is InChI=1S/C12H16ClNO/c1-3-11(14(2)12(15)9-13)10-7-5-4-6-8-10/h4-8,11H,3,9H2,1-2H3/t11-/m0/s1. The molecule has 0 N–H and O–H groups in total. The third-order valence-electron chi connectivity index (χ3n) is 2.55. The molecule has 0 saturated carbocycles. The maximum atomic E-state index is 11.5. The Balaban J connectivity index is 2.85. The Kier molecular flexibility index (Phi) is 4.63. The Morgan fingerprint density at radius 1 is 1.40 bits per heavy atom. The van der Waals surface area contributed by atoms with Crippen LogP contribution in [0.15, 0.2) is 30.3 Å². The molecule has 1 aromatic carbocycles. The van der Waals surface area contributed by atoms with Gasteiger partial charge in [0.1, 0.15) is 5.88 Å². The number of carbonyl (C=O) groups excluding carboxylic acids is 1. The lowest BCUT2D eigenvalue weighted by Gasteiger charge is -2.27. The molecule has 15 heavy (non-hydrogen) atoms. The summed E-state index contributed by atoms with van der Waals surface area (Å²) in [6.07, 6.45) is 0.892. The number of rotatable bonds is 4. The van der Waals surface area contributed by atoms with Crippen molar-refractivity contribution in [2.45, 2.75) is 19.4 Å². The number of nitrogens with zero attached hydrogens (tertiary/aromatic N) is 1. The summed E-state index contributed by atoms with van der Waals surface area (Å²) < 4.78 is 0. The van der Waals surface area contributed by atoms with Gasteiger partial charge in [-0.1, -0.05) is 37.3 Å². The fourth-order valence-corrected chi connectivity index (χ4v) is 1.86. The Morgan fingerprint density at radius 2 is 2.00 bits per heavy atom. The number of hydrogen-bond acceptors (Lipinski definition) is 1. The van der Waals surface area contributed by atoms with Gasteiger partial charge in [0.15, 0.2) is 0 Å². The van der Waals surface area contributed by atoms with Gasteiger partial charge < -0.3 is 4.90 Å². The molecule has 2 nitrogen and oxygen atoms in total. The molecule has 0 saturated heterocycles. The second-order valence-electron chi connectivity index (χ2n) is 3.47. The van der Waals surface area contributed by atoms with E-state index >= 15 is 0 Å². The Bertz CT molecular complexity index is 313. The van der Waals surface area contributed by atoms with Gasteiger partial charge >= 0.3 is 0 Å². The first-order valence-corrected chi connectivity index (χ1v) is 5.60. The average Bonchev–Trinajstić information content (AvgIpc) is 2.30. The Hall–Kier alpha value is -1.02. The normalized spacial score (nSPS) is 12.2. The van der Waals surface area contributed by atoms with Crippen molar-refractivity contribution in [1.29, 1.82) is 0 Å². The fraction of sp³-hybridized carbons (Fsp3) is 0.417. The van der Waals surface area contributed by atoms with E-state index in [0.29, 0.717) is 0 Å². The Labute approximate surface area is 95.8 Å². The average molecular weight is 226 g/mol. The summed E-state index contributed by atoms with van der Waals surface area (Å²) in [7, 11) is 1.80. The number of halogens is 1. The lowest BCUT2D eigenvalue weighted by Crippen LogP contribution is -2.31. The third kappa shape index (κ3) is 2.96. The number of hydrogen-bond donors (Lipinski definition) is 0. The van der Waals surface area contributed by atoms with Crippen molar-refractivity contribution in [2.24, 2.45) is 0 Å². The minimum Gasteiger partial charge on any atom is -0.338 e. The van der Waals surface area contributed by atoms with Crippen molar-refractivity contribution in [3.05, 3.63) is 35.9 Å². The summed E-state index contributed by atoms with van der Waals surface area (Å²) in [5, 5.41) is 0. The van der Waals surface area contributed by atoms with E-state index < -0.39 is 0 Å². The summed E-state index contributed by atoms with van der Waals surface area (Å²) in [6, 6.07) is 10.1. The predicted molar refractivity (Wildman–Crippen MR) is 63.0 cm³/mol. The first kappa shape index (κ1) is 12.1. The van der Waals surface area contributed by atoms with Gasteiger partial charge in [0.05, 0.1) is 6.04 Å². The lowest BCUT2D eigenvalue weighted by atomic mass is 10.0. The molecule has 0 radical (unpaired) electrons. The number of alkyl halides is 1. The highest BCUT2D eigenvalue weighted by Crippen LogP contribution is 2.22. The van der Waals surface area contributed by atoms with E-state index in [9.17, 15) is 4.79 Å². The van der Waals surface area contributed by atoms with Crippen LogP contribution in [0, 0.1) is 0 Å². The van der Waals surface area contributed by atoms with E-state index in [1.807, 2.05) is 30.3 Å². The SMILES string of the molecule is CC[C@@H](c1ccccc1)N(C)C(=O)CCl. The van der Waals surface area contributed by atoms with Crippen LogP contribution in [0.1, 0.15) is 24.9 Å². The zero-order chi connectivity index (χ0) is 11.3. The lowest BCUT2D eigenvalue weighted by molar-refractivity contribution is -0.129. The third-order valence-corrected chi connectivity index (χ3v) is 2.77. The van der Waals surface area contributed by atoms with Crippen molar-refractivity contribution < 1.29 is 4.79 Å². The molecule has 1 amide bonds. The molecule has 0 fully saturated rings. The Morgan fingerprint density at radius 3 is 2.47 bits per heavy atom. The number of benzene rings is 1. The van der Waals surface area contributed by atoms with E-state index in [0.717, 1.165) is 12.0 Å². The van der Waals surface area contributed by atoms with Gasteiger partial charge in [0, 0.05) is 7.05 Å². The second kappa shape index (κ2) is 5.76. The van der Waals surface area contributed by atoms with E-state index in [1.165, 1.54) is 0 Å². The minimum atomic E-state index is -0.0348. The van der Waals surface area contributed by atoms with E-state index in [2.05, 4.69) is 6.92 Å². The monoisotopic (exact) mass is 225 g/mol. The summed E-state index contributed by atoms with van der Waals surface area (Å²) in [4.78, 5) is 13.2. The summed E-state index contributed by atoms with van der Waals surface area (Å²) in [5.41, 5.74) is 1.15. The smallest absolute Gasteiger partial charge is 0.237 e. The quantitative estimate of drug-likeness (QED) is 0.722. The molecule has 1 rings (SSSR count). The van der Waals surface area contributed by atoms with E-state index in [-0.39, 0.29) is 17.8 Å². The van der Waals surface area contributed by atoms with Crippen LogP contribution < -0.4 is 0 Å². The van der Waals surface area contributed by atoms with Gasteiger partial charge in [-0.3, -0.25) is 4.79 Å². The maximum absolute atomic E-state index is 11.5. The van der Waals surface area contributed by atoms with Crippen LogP contribution in [-0.4, -0.2) is 23.7 Å². The zero-order valence-electron chi connectivity index (χ0n) is 9.11. The molecule has 82 valence electrons. The van der Waals surface area contributed by atoms with Crippen LogP contribution in [0.4, 0.5) is 0 Å². The van der Waals surface area contributed by atoms with Crippen LogP contribution in [0.5, 0.6) is 0 Å². The first-order chi connectivity index (χ1) is 7.20. The van der Waals surface area contributed by atoms with Gasteiger partial charge in [-0.2, -0.15) is 0 Å². The summed E-state index contributed by atoms with van der Waals surface area (Å²) in [6.45, 7) is 2.07. The van der Waals surface area contributed by atoms with Crippen LogP contribution in [-0.2, 0) is 4.79 Å². The predicted octanol–water partition coefficient (Wildman–Crippen LogP) is 2.83. The topological polar surface area (TPSA) is 20.3 Å². The van der Waals surface area contributed by atoms with Gasteiger partial charge in [-0.05, 0) is 12.0 Å². The number of amides is 1. The van der Waals surface area contributed by atoms with Crippen LogP contribution >= 0.6 is 11.6 Å². The summed E-state index contributed by atoms with van der Waals surface area (Å²) >= 11 is 5.54. The fourth-order valence-electron chi connectivity index (χ4n) is 1.68. The molecule has 0 unspecified atom stereocenters. The zero-order valence-corrected chi connectivity index (χ0v) is 9.87. The van der Waals surface area contributed by atoms with Crippen LogP contribution in [0.25, 0.3) is 0 Å². The van der Waals surface area contributed by atoms with Crippen molar-refractivity contribution in [3.8, 4) is 0 Å². The first-order valence-electron chi connectivity index (χ1n) is 5.07. The van der Waals surface area contributed by atoms with E-state index in [1.54, 1.807) is 11.9 Å². The molecule has 0 aliphatic carbocycles. The molecule has 0 aromatic heterocycles. The minimum absolute atomic E-state index is 0.0348. The molecule has 3 heteroatoms.